The van der Waals surface area contributed by atoms with Gasteiger partial charge in [-0.05, 0) is 28.7 Å². The summed E-state index contributed by atoms with van der Waals surface area (Å²) < 4.78 is 7.07. The highest BCUT2D eigenvalue weighted by atomic mass is 16.6. The minimum atomic E-state index is -1.13. The van der Waals surface area contributed by atoms with Crippen molar-refractivity contribution in [1.82, 2.24) is 19.7 Å². The summed E-state index contributed by atoms with van der Waals surface area (Å²) in [6.45, 7) is 1.10. The monoisotopic (exact) mass is 404 g/mol. The Hall–Kier alpha value is -3.68. The van der Waals surface area contributed by atoms with E-state index in [0.29, 0.717) is 19.5 Å². The number of fused-ring (bicyclic) bond motifs is 3. The van der Waals surface area contributed by atoms with Crippen molar-refractivity contribution in [1.29, 1.82) is 0 Å². The molecule has 2 aliphatic rings. The second-order valence-electron chi connectivity index (χ2n) is 7.53. The fourth-order valence-electron chi connectivity index (χ4n) is 4.46. The number of nitrogens with zero attached hydrogens (tertiary/aromatic N) is 4. The lowest BCUT2D eigenvalue weighted by molar-refractivity contribution is 0.0673. The SMILES string of the molecule is O=C(O)c1ncnn1C1CCN(C(=O)OCC2c3ccccc3-c3ccccc32)C1. The van der Waals surface area contributed by atoms with Gasteiger partial charge in [-0.2, -0.15) is 5.10 Å². The van der Waals surface area contributed by atoms with E-state index in [1.807, 2.05) is 24.3 Å². The number of ether oxygens (including phenoxy) is 1. The fraction of sp³-hybridized carbons (Fsp3) is 0.273. The van der Waals surface area contributed by atoms with Crippen LogP contribution in [0.15, 0.2) is 54.9 Å². The van der Waals surface area contributed by atoms with E-state index in [-0.39, 0.29) is 24.4 Å². The van der Waals surface area contributed by atoms with Gasteiger partial charge in [-0.25, -0.2) is 19.3 Å². The molecular formula is C22H20N4O4. The quantitative estimate of drug-likeness (QED) is 0.717. The Morgan fingerprint density at radius 3 is 2.40 bits per heavy atom. The van der Waals surface area contributed by atoms with Crippen molar-refractivity contribution in [2.75, 3.05) is 19.7 Å². The maximum atomic E-state index is 12.7. The number of rotatable bonds is 4. The number of carbonyl (C=O) groups excluding carboxylic acids is 1. The number of benzene rings is 2. The van der Waals surface area contributed by atoms with E-state index >= 15 is 0 Å². The highest BCUT2D eigenvalue weighted by Gasteiger charge is 2.33. The normalized spacial score (nSPS) is 17.6. The van der Waals surface area contributed by atoms with Crippen LogP contribution in [0.2, 0.25) is 0 Å². The van der Waals surface area contributed by atoms with Crippen LogP contribution in [0.25, 0.3) is 11.1 Å². The zero-order valence-electron chi connectivity index (χ0n) is 16.1. The fourth-order valence-corrected chi connectivity index (χ4v) is 4.46. The molecule has 1 N–H and O–H groups in total. The number of amides is 1. The number of carboxylic acid groups (broad SMARTS) is 1. The van der Waals surface area contributed by atoms with Gasteiger partial charge in [-0.1, -0.05) is 48.5 Å². The molecule has 8 heteroatoms. The number of aromatic carboxylic acids is 1. The van der Waals surface area contributed by atoms with Gasteiger partial charge in [-0.3, -0.25) is 0 Å². The van der Waals surface area contributed by atoms with Gasteiger partial charge in [0, 0.05) is 19.0 Å². The van der Waals surface area contributed by atoms with E-state index in [0.717, 1.165) is 0 Å². The molecule has 3 aromatic rings. The van der Waals surface area contributed by atoms with Gasteiger partial charge in [0.05, 0.1) is 6.04 Å². The molecule has 1 aromatic heterocycles. The molecule has 152 valence electrons. The summed E-state index contributed by atoms with van der Waals surface area (Å²) in [5.41, 5.74) is 4.70. The number of carboxylic acids is 1. The largest absolute Gasteiger partial charge is 0.475 e. The summed E-state index contributed by atoms with van der Waals surface area (Å²) in [5.74, 6) is -1.24. The van der Waals surface area contributed by atoms with Crippen LogP contribution in [0.3, 0.4) is 0 Å². The molecule has 1 atom stereocenters. The Morgan fingerprint density at radius 2 is 1.73 bits per heavy atom. The van der Waals surface area contributed by atoms with Crippen molar-refractivity contribution >= 4 is 12.1 Å². The first-order valence-electron chi connectivity index (χ1n) is 9.86. The Kier molecular flexibility index (Phi) is 4.46. The summed E-state index contributed by atoms with van der Waals surface area (Å²) in [4.78, 5) is 29.4. The van der Waals surface area contributed by atoms with Crippen molar-refractivity contribution in [2.45, 2.75) is 18.4 Å². The van der Waals surface area contributed by atoms with Crippen molar-refractivity contribution in [2.24, 2.45) is 0 Å². The third kappa shape index (κ3) is 3.01. The van der Waals surface area contributed by atoms with E-state index in [9.17, 15) is 14.7 Å². The van der Waals surface area contributed by atoms with Crippen LogP contribution >= 0.6 is 0 Å². The molecule has 2 heterocycles. The molecule has 2 aromatic carbocycles. The molecular weight excluding hydrogens is 384 g/mol. The molecule has 1 aliphatic carbocycles. The van der Waals surface area contributed by atoms with E-state index < -0.39 is 12.1 Å². The van der Waals surface area contributed by atoms with E-state index in [2.05, 4.69) is 34.3 Å². The summed E-state index contributed by atoms with van der Waals surface area (Å²) in [5, 5.41) is 13.2. The Balaban J connectivity index is 1.27. The highest BCUT2D eigenvalue weighted by molar-refractivity contribution is 5.83. The van der Waals surface area contributed by atoms with Crippen LogP contribution < -0.4 is 0 Å². The first-order chi connectivity index (χ1) is 14.6. The first-order valence-corrected chi connectivity index (χ1v) is 9.86. The Bertz CT molecular complexity index is 1080. The predicted molar refractivity (Wildman–Crippen MR) is 107 cm³/mol. The van der Waals surface area contributed by atoms with Crippen molar-refractivity contribution in [3.8, 4) is 11.1 Å². The van der Waals surface area contributed by atoms with Crippen LogP contribution in [0.5, 0.6) is 0 Å². The molecule has 30 heavy (non-hydrogen) atoms. The maximum absolute atomic E-state index is 12.7. The van der Waals surface area contributed by atoms with Crippen molar-refractivity contribution < 1.29 is 19.4 Å². The van der Waals surface area contributed by atoms with Gasteiger partial charge in [0.15, 0.2) is 0 Å². The van der Waals surface area contributed by atoms with Gasteiger partial charge in [-0.15, -0.1) is 0 Å². The minimum Gasteiger partial charge on any atom is -0.475 e. The second kappa shape index (κ2) is 7.29. The van der Waals surface area contributed by atoms with Gasteiger partial charge < -0.3 is 14.7 Å². The average Bonchev–Trinajstić information content (AvgIpc) is 3.49. The molecule has 0 saturated carbocycles. The number of hydrogen-bond acceptors (Lipinski definition) is 5. The lowest BCUT2D eigenvalue weighted by atomic mass is 9.98. The van der Waals surface area contributed by atoms with Crippen LogP contribution in [0.1, 0.15) is 40.1 Å². The average molecular weight is 404 g/mol. The predicted octanol–water partition coefficient (Wildman–Crippen LogP) is 3.17. The van der Waals surface area contributed by atoms with E-state index in [4.69, 9.17) is 4.74 Å². The van der Waals surface area contributed by atoms with Crippen LogP contribution in [0.4, 0.5) is 4.79 Å². The van der Waals surface area contributed by atoms with Crippen LogP contribution in [-0.2, 0) is 4.74 Å². The third-order valence-corrected chi connectivity index (χ3v) is 5.87. The third-order valence-electron chi connectivity index (χ3n) is 5.87. The van der Waals surface area contributed by atoms with E-state index in [1.54, 1.807) is 4.90 Å². The van der Waals surface area contributed by atoms with Crippen LogP contribution in [-0.4, -0.2) is 56.5 Å². The summed E-state index contributed by atoms with van der Waals surface area (Å²) in [6.07, 6.45) is 1.43. The molecule has 1 fully saturated rings. The Labute approximate surface area is 172 Å². The van der Waals surface area contributed by atoms with Gasteiger partial charge in [0.1, 0.15) is 12.9 Å². The minimum absolute atomic E-state index is 0.00804. The first kappa shape index (κ1) is 18.4. The maximum Gasteiger partial charge on any atom is 0.409 e. The highest BCUT2D eigenvalue weighted by Crippen LogP contribution is 2.44. The lowest BCUT2D eigenvalue weighted by Gasteiger charge is -2.19. The second-order valence-corrected chi connectivity index (χ2v) is 7.53. The standard InChI is InChI=1S/C22H20N4O4/c27-21(28)20-23-13-24-26(20)14-9-10-25(11-14)22(29)30-12-19-17-7-3-1-5-15(17)16-6-2-4-8-18(16)19/h1-8,13-14,19H,9-12H2,(H,27,28). The number of hydrogen-bond donors (Lipinski definition) is 1. The molecule has 1 unspecified atom stereocenters. The van der Waals surface area contributed by atoms with Gasteiger partial charge in [0.25, 0.3) is 0 Å². The summed E-state index contributed by atoms with van der Waals surface area (Å²) >= 11 is 0. The molecule has 0 radical (unpaired) electrons. The molecule has 8 nitrogen and oxygen atoms in total. The Morgan fingerprint density at radius 1 is 1.07 bits per heavy atom. The molecule has 5 rings (SSSR count). The molecule has 1 saturated heterocycles. The molecule has 0 bridgehead atoms. The zero-order valence-corrected chi connectivity index (χ0v) is 16.1. The smallest absolute Gasteiger partial charge is 0.409 e. The summed E-state index contributed by atoms with van der Waals surface area (Å²) in [6, 6.07) is 16.2. The number of aromatic nitrogens is 3. The number of carbonyl (C=O) groups is 2. The van der Waals surface area contributed by atoms with Gasteiger partial charge >= 0.3 is 12.1 Å². The topological polar surface area (TPSA) is 97.5 Å². The number of likely N-dealkylation sites (tertiary alicyclic amines) is 1. The molecule has 1 aliphatic heterocycles. The van der Waals surface area contributed by atoms with E-state index in [1.165, 1.54) is 33.3 Å². The molecule has 1 amide bonds. The zero-order chi connectivity index (χ0) is 20.7. The molecule has 0 spiro atoms. The van der Waals surface area contributed by atoms with Crippen molar-refractivity contribution in [3.63, 3.8) is 0 Å². The van der Waals surface area contributed by atoms with Crippen LogP contribution in [0, 0.1) is 0 Å². The van der Waals surface area contributed by atoms with Gasteiger partial charge in [0.2, 0.25) is 5.82 Å². The lowest BCUT2D eigenvalue weighted by Crippen LogP contribution is -2.31. The summed E-state index contributed by atoms with van der Waals surface area (Å²) in [7, 11) is 0. The van der Waals surface area contributed by atoms with Crippen molar-refractivity contribution in [3.05, 3.63) is 71.8 Å².